The lowest BCUT2D eigenvalue weighted by Crippen LogP contribution is -2.28. The van der Waals surface area contributed by atoms with Gasteiger partial charge in [-0.3, -0.25) is 4.79 Å². The van der Waals surface area contributed by atoms with E-state index in [1.807, 2.05) is 0 Å². The van der Waals surface area contributed by atoms with Crippen molar-refractivity contribution >= 4 is 17.5 Å². The predicted octanol–water partition coefficient (Wildman–Crippen LogP) is 1.17. The van der Waals surface area contributed by atoms with Gasteiger partial charge in [0.2, 0.25) is 0 Å². The van der Waals surface area contributed by atoms with Crippen molar-refractivity contribution in [3.05, 3.63) is 28.8 Å². The molecule has 5 nitrogen and oxygen atoms in total. The van der Waals surface area contributed by atoms with Gasteiger partial charge in [0.25, 0.3) is 5.91 Å². The number of halogens is 1. The molecule has 1 amide bonds. The normalized spacial score (nSPS) is 12.2. The molecule has 0 aliphatic carbocycles. The van der Waals surface area contributed by atoms with E-state index in [1.165, 1.54) is 25.3 Å². The van der Waals surface area contributed by atoms with Crippen LogP contribution in [0.25, 0.3) is 0 Å². The van der Waals surface area contributed by atoms with Gasteiger partial charge in [-0.05, 0) is 24.6 Å². The summed E-state index contributed by atoms with van der Waals surface area (Å²) in [5.74, 6) is -0.561. The van der Waals surface area contributed by atoms with Gasteiger partial charge in [0.1, 0.15) is 5.75 Å². The zero-order valence-corrected chi connectivity index (χ0v) is 10.8. The van der Waals surface area contributed by atoms with E-state index in [9.17, 15) is 15.0 Å². The van der Waals surface area contributed by atoms with E-state index in [1.54, 1.807) is 0 Å². The molecule has 1 aromatic carbocycles. The molecular weight excluding hydrogens is 258 g/mol. The Morgan fingerprint density at radius 1 is 1.56 bits per heavy atom. The number of carbonyl (C=O) groups is 1. The van der Waals surface area contributed by atoms with E-state index in [0.717, 1.165) is 0 Å². The summed E-state index contributed by atoms with van der Waals surface area (Å²) in [6.45, 7) is 0.508. The number of nitrogens with one attached hydrogen (secondary N) is 1. The summed E-state index contributed by atoms with van der Waals surface area (Å²) in [5, 5.41) is 21.8. The van der Waals surface area contributed by atoms with E-state index in [0.29, 0.717) is 11.4 Å². The molecule has 100 valence electrons. The van der Waals surface area contributed by atoms with Gasteiger partial charge in [-0.2, -0.15) is 0 Å². The number of hydrogen-bond acceptors (Lipinski definition) is 4. The lowest BCUT2D eigenvalue weighted by Gasteiger charge is -2.10. The standard InChI is InChI=1S/C12H16ClNO4/c1-18-7-9(15)4-5-14-12(17)10-6-8(13)2-3-11(10)16/h2-3,6,9,15-16H,4-5,7H2,1H3,(H,14,17). The number of phenolic OH excluding ortho intramolecular Hbond substituents is 1. The van der Waals surface area contributed by atoms with Gasteiger partial charge in [0.15, 0.2) is 0 Å². The first kappa shape index (κ1) is 14.8. The molecule has 0 spiro atoms. The molecule has 0 radical (unpaired) electrons. The highest BCUT2D eigenvalue weighted by atomic mass is 35.5. The molecule has 0 aliphatic heterocycles. The zero-order chi connectivity index (χ0) is 13.5. The maximum absolute atomic E-state index is 11.7. The smallest absolute Gasteiger partial charge is 0.255 e. The van der Waals surface area contributed by atoms with Crippen molar-refractivity contribution in [2.24, 2.45) is 0 Å². The van der Waals surface area contributed by atoms with Crippen LogP contribution in [0.1, 0.15) is 16.8 Å². The molecule has 0 aromatic heterocycles. The Labute approximate surface area is 110 Å². The second kappa shape index (κ2) is 7.20. The molecule has 18 heavy (non-hydrogen) atoms. The van der Waals surface area contributed by atoms with E-state index in [2.05, 4.69) is 5.32 Å². The Morgan fingerprint density at radius 2 is 2.28 bits per heavy atom. The van der Waals surface area contributed by atoms with E-state index in [-0.39, 0.29) is 24.5 Å². The van der Waals surface area contributed by atoms with Gasteiger partial charge in [0, 0.05) is 18.7 Å². The van der Waals surface area contributed by atoms with Crippen molar-refractivity contribution in [3.63, 3.8) is 0 Å². The molecule has 0 saturated heterocycles. The van der Waals surface area contributed by atoms with Crippen molar-refractivity contribution in [2.75, 3.05) is 20.3 Å². The molecule has 0 heterocycles. The van der Waals surface area contributed by atoms with Crippen molar-refractivity contribution in [1.82, 2.24) is 5.32 Å². The molecule has 1 unspecified atom stereocenters. The fourth-order valence-corrected chi connectivity index (χ4v) is 1.59. The van der Waals surface area contributed by atoms with Crippen LogP contribution in [0, 0.1) is 0 Å². The van der Waals surface area contributed by atoms with E-state index >= 15 is 0 Å². The molecule has 3 N–H and O–H groups in total. The maximum Gasteiger partial charge on any atom is 0.255 e. The van der Waals surface area contributed by atoms with E-state index < -0.39 is 12.0 Å². The number of rotatable bonds is 6. The minimum atomic E-state index is -0.622. The third kappa shape index (κ3) is 4.52. The van der Waals surface area contributed by atoms with Crippen LogP contribution < -0.4 is 5.32 Å². The number of aliphatic hydroxyl groups excluding tert-OH is 1. The molecule has 0 bridgehead atoms. The molecule has 1 aromatic rings. The first-order chi connectivity index (χ1) is 8.54. The number of aromatic hydroxyl groups is 1. The number of benzene rings is 1. The van der Waals surface area contributed by atoms with Crippen molar-refractivity contribution < 1.29 is 19.7 Å². The highest BCUT2D eigenvalue weighted by Crippen LogP contribution is 2.21. The average Bonchev–Trinajstić information content (AvgIpc) is 2.32. The van der Waals surface area contributed by atoms with Crippen LogP contribution in [0.2, 0.25) is 5.02 Å². The van der Waals surface area contributed by atoms with Crippen LogP contribution in [-0.2, 0) is 4.74 Å². The van der Waals surface area contributed by atoms with Crippen LogP contribution in [0.5, 0.6) is 5.75 Å². The van der Waals surface area contributed by atoms with Crippen LogP contribution >= 0.6 is 11.6 Å². The fraction of sp³-hybridized carbons (Fsp3) is 0.417. The first-order valence-electron chi connectivity index (χ1n) is 5.48. The van der Waals surface area contributed by atoms with Crippen molar-refractivity contribution in [1.29, 1.82) is 0 Å². The number of amides is 1. The lowest BCUT2D eigenvalue weighted by molar-refractivity contribution is 0.0587. The third-order valence-corrected chi connectivity index (χ3v) is 2.56. The van der Waals surface area contributed by atoms with Crippen LogP contribution in [0.15, 0.2) is 18.2 Å². The van der Waals surface area contributed by atoms with Gasteiger partial charge in [-0.15, -0.1) is 0 Å². The van der Waals surface area contributed by atoms with Gasteiger partial charge in [-0.25, -0.2) is 0 Å². The molecular formula is C12H16ClNO4. The van der Waals surface area contributed by atoms with Crippen LogP contribution in [0.3, 0.4) is 0 Å². The fourth-order valence-electron chi connectivity index (χ4n) is 1.41. The van der Waals surface area contributed by atoms with Gasteiger partial charge < -0.3 is 20.3 Å². The summed E-state index contributed by atoms with van der Waals surface area (Å²) in [6, 6.07) is 4.24. The maximum atomic E-state index is 11.7. The number of hydrogen-bond donors (Lipinski definition) is 3. The van der Waals surface area contributed by atoms with E-state index in [4.69, 9.17) is 16.3 Å². The highest BCUT2D eigenvalue weighted by Gasteiger charge is 2.12. The lowest BCUT2D eigenvalue weighted by atomic mass is 10.2. The summed E-state index contributed by atoms with van der Waals surface area (Å²) in [5.41, 5.74) is 0.115. The second-order valence-electron chi connectivity index (χ2n) is 3.82. The Kier molecular flexibility index (Phi) is 5.91. The summed E-state index contributed by atoms with van der Waals surface area (Å²) in [6.07, 6.45) is -0.246. The minimum Gasteiger partial charge on any atom is -0.507 e. The predicted molar refractivity (Wildman–Crippen MR) is 67.9 cm³/mol. The summed E-state index contributed by atoms with van der Waals surface area (Å²) in [7, 11) is 1.49. The Bertz CT molecular complexity index is 411. The quantitative estimate of drug-likeness (QED) is 0.727. The largest absolute Gasteiger partial charge is 0.507 e. The number of carbonyl (C=O) groups excluding carboxylic acids is 1. The molecule has 0 fully saturated rings. The Morgan fingerprint density at radius 3 is 2.94 bits per heavy atom. The van der Waals surface area contributed by atoms with Gasteiger partial charge in [0.05, 0.1) is 18.3 Å². The molecule has 1 atom stereocenters. The highest BCUT2D eigenvalue weighted by molar-refractivity contribution is 6.31. The first-order valence-corrected chi connectivity index (χ1v) is 5.86. The average molecular weight is 274 g/mol. The Balaban J connectivity index is 2.48. The summed E-state index contributed by atoms with van der Waals surface area (Å²) >= 11 is 5.74. The number of aliphatic hydroxyl groups is 1. The summed E-state index contributed by atoms with van der Waals surface area (Å²) in [4.78, 5) is 11.7. The topological polar surface area (TPSA) is 78.8 Å². The minimum absolute atomic E-state index is 0.115. The zero-order valence-electron chi connectivity index (χ0n) is 10.0. The van der Waals surface area contributed by atoms with Crippen molar-refractivity contribution in [3.8, 4) is 5.75 Å². The molecule has 0 saturated carbocycles. The Hall–Kier alpha value is -1.30. The summed E-state index contributed by atoms with van der Waals surface area (Å²) < 4.78 is 4.76. The molecule has 6 heteroatoms. The van der Waals surface area contributed by atoms with Crippen LogP contribution in [0.4, 0.5) is 0 Å². The van der Waals surface area contributed by atoms with Crippen molar-refractivity contribution in [2.45, 2.75) is 12.5 Å². The third-order valence-electron chi connectivity index (χ3n) is 2.33. The van der Waals surface area contributed by atoms with Gasteiger partial charge >= 0.3 is 0 Å². The van der Waals surface area contributed by atoms with Crippen LogP contribution in [-0.4, -0.2) is 42.5 Å². The number of methoxy groups -OCH3 is 1. The second-order valence-corrected chi connectivity index (χ2v) is 4.25. The number of ether oxygens (including phenoxy) is 1. The monoisotopic (exact) mass is 273 g/mol. The SMILES string of the molecule is COCC(O)CCNC(=O)c1cc(Cl)ccc1O. The number of phenols is 1. The van der Waals surface area contributed by atoms with Gasteiger partial charge in [-0.1, -0.05) is 11.6 Å². The molecule has 1 rings (SSSR count). The molecule has 0 aliphatic rings.